The van der Waals surface area contributed by atoms with Gasteiger partial charge in [0, 0.05) is 29.7 Å². The van der Waals surface area contributed by atoms with Gasteiger partial charge in [-0.25, -0.2) is 15.0 Å². The highest BCUT2D eigenvalue weighted by Crippen LogP contribution is 2.27. The molecule has 1 aliphatic heterocycles. The fourth-order valence-corrected chi connectivity index (χ4v) is 3.58. The number of pyridine rings is 1. The molecule has 2 aromatic heterocycles. The number of nitrogens with one attached hydrogen (secondary N) is 3. The third kappa shape index (κ3) is 4.39. The summed E-state index contributed by atoms with van der Waals surface area (Å²) in [7, 11) is 0. The first-order valence-corrected chi connectivity index (χ1v) is 10.1. The quantitative estimate of drug-likeness (QED) is 0.605. The summed E-state index contributed by atoms with van der Waals surface area (Å²) < 4.78 is 0. The number of fused-ring (bicyclic) bond motifs is 1. The standard InChI is InChI=1S/C22H28N6/c1-15(2)26-21-20-18(12-19(27-21)17-6-4-3-5-7-17)14-25-22(28-20)24-13-16-8-10-23-11-9-16/h3-7,12,14-16,23H,8-11,13H2,1-2H3,(H,26,27)(H,24,25,28). The number of hydrogen-bond donors (Lipinski definition) is 3. The number of hydrogen-bond acceptors (Lipinski definition) is 6. The van der Waals surface area contributed by atoms with Crippen LogP contribution < -0.4 is 16.0 Å². The third-order valence-electron chi connectivity index (χ3n) is 5.07. The Morgan fingerprint density at radius 2 is 1.89 bits per heavy atom. The number of aromatic nitrogens is 3. The monoisotopic (exact) mass is 376 g/mol. The van der Waals surface area contributed by atoms with Crippen molar-refractivity contribution in [2.24, 2.45) is 5.92 Å². The van der Waals surface area contributed by atoms with Gasteiger partial charge in [0.25, 0.3) is 0 Å². The summed E-state index contributed by atoms with van der Waals surface area (Å²) in [5, 5.41) is 11.3. The summed E-state index contributed by atoms with van der Waals surface area (Å²) in [6, 6.07) is 12.5. The van der Waals surface area contributed by atoms with Crippen molar-refractivity contribution >= 4 is 22.7 Å². The van der Waals surface area contributed by atoms with Crippen molar-refractivity contribution in [2.45, 2.75) is 32.7 Å². The van der Waals surface area contributed by atoms with Crippen LogP contribution in [-0.4, -0.2) is 40.6 Å². The minimum Gasteiger partial charge on any atom is -0.366 e. The molecule has 1 saturated heterocycles. The maximum Gasteiger partial charge on any atom is 0.223 e. The molecule has 3 heterocycles. The van der Waals surface area contributed by atoms with E-state index < -0.39 is 0 Å². The number of nitrogens with zero attached hydrogens (tertiary/aromatic N) is 3. The number of rotatable bonds is 6. The molecule has 0 aliphatic carbocycles. The second-order valence-electron chi connectivity index (χ2n) is 7.73. The van der Waals surface area contributed by atoms with Crippen LogP contribution in [0.15, 0.2) is 42.6 Å². The smallest absolute Gasteiger partial charge is 0.223 e. The molecule has 0 radical (unpaired) electrons. The SMILES string of the molecule is CC(C)Nc1nc(-c2ccccc2)cc2cnc(NCC3CCNCC3)nc12. The van der Waals surface area contributed by atoms with Gasteiger partial charge in [0.05, 0.1) is 5.69 Å². The van der Waals surface area contributed by atoms with Gasteiger partial charge in [0.1, 0.15) is 5.52 Å². The van der Waals surface area contributed by atoms with Gasteiger partial charge in [-0.05, 0) is 51.8 Å². The van der Waals surface area contributed by atoms with Gasteiger partial charge in [0.2, 0.25) is 5.95 Å². The van der Waals surface area contributed by atoms with E-state index in [1.807, 2.05) is 24.4 Å². The van der Waals surface area contributed by atoms with E-state index in [-0.39, 0.29) is 6.04 Å². The fraction of sp³-hybridized carbons (Fsp3) is 0.409. The van der Waals surface area contributed by atoms with Gasteiger partial charge in [-0.1, -0.05) is 30.3 Å². The van der Waals surface area contributed by atoms with Crippen molar-refractivity contribution in [1.29, 1.82) is 0 Å². The molecule has 3 N–H and O–H groups in total. The van der Waals surface area contributed by atoms with Crippen LogP contribution in [0, 0.1) is 5.92 Å². The number of anilines is 2. The largest absolute Gasteiger partial charge is 0.366 e. The molecule has 3 aromatic rings. The van der Waals surface area contributed by atoms with Crippen molar-refractivity contribution in [2.75, 3.05) is 30.3 Å². The predicted octanol–water partition coefficient (Wildman–Crippen LogP) is 3.92. The van der Waals surface area contributed by atoms with Gasteiger partial charge in [-0.2, -0.15) is 0 Å². The first-order valence-electron chi connectivity index (χ1n) is 10.1. The molecule has 0 bridgehead atoms. The van der Waals surface area contributed by atoms with Crippen LogP contribution in [0.5, 0.6) is 0 Å². The topological polar surface area (TPSA) is 74.8 Å². The van der Waals surface area contributed by atoms with E-state index in [0.29, 0.717) is 11.9 Å². The molecule has 28 heavy (non-hydrogen) atoms. The Morgan fingerprint density at radius 3 is 2.64 bits per heavy atom. The van der Waals surface area contributed by atoms with Gasteiger partial charge < -0.3 is 16.0 Å². The fourth-order valence-electron chi connectivity index (χ4n) is 3.58. The van der Waals surface area contributed by atoms with Crippen LogP contribution in [0.1, 0.15) is 26.7 Å². The molecule has 1 aliphatic rings. The zero-order valence-corrected chi connectivity index (χ0v) is 16.6. The van der Waals surface area contributed by atoms with Crippen LogP contribution in [0.25, 0.3) is 22.2 Å². The lowest BCUT2D eigenvalue weighted by atomic mass is 9.98. The third-order valence-corrected chi connectivity index (χ3v) is 5.07. The molecule has 1 fully saturated rings. The van der Waals surface area contributed by atoms with Crippen LogP contribution in [0.3, 0.4) is 0 Å². The van der Waals surface area contributed by atoms with Gasteiger partial charge >= 0.3 is 0 Å². The summed E-state index contributed by atoms with van der Waals surface area (Å²) in [5.74, 6) is 2.15. The van der Waals surface area contributed by atoms with Crippen LogP contribution >= 0.6 is 0 Å². The normalized spacial score (nSPS) is 15.1. The second-order valence-corrected chi connectivity index (χ2v) is 7.73. The summed E-state index contributed by atoms with van der Waals surface area (Å²) in [6.45, 7) is 7.33. The van der Waals surface area contributed by atoms with E-state index in [1.54, 1.807) is 0 Å². The molecule has 0 spiro atoms. The first-order chi connectivity index (χ1) is 13.7. The molecule has 1 aromatic carbocycles. The van der Waals surface area contributed by atoms with Gasteiger partial charge in [0.15, 0.2) is 5.82 Å². The van der Waals surface area contributed by atoms with Crippen molar-refractivity contribution in [3.05, 3.63) is 42.6 Å². The molecule has 4 rings (SSSR count). The lowest BCUT2D eigenvalue weighted by Gasteiger charge is -2.22. The molecule has 0 saturated carbocycles. The van der Waals surface area contributed by atoms with Crippen molar-refractivity contribution in [3.8, 4) is 11.3 Å². The summed E-state index contributed by atoms with van der Waals surface area (Å²) in [5.41, 5.74) is 2.87. The van der Waals surface area contributed by atoms with E-state index in [0.717, 1.165) is 47.6 Å². The minimum absolute atomic E-state index is 0.267. The number of benzene rings is 1. The van der Waals surface area contributed by atoms with Gasteiger partial charge in [-0.15, -0.1) is 0 Å². The molecule has 146 valence electrons. The highest BCUT2D eigenvalue weighted by Gasteiger charge is 2.15. The van der Waals surface area contributed by atoms with E-state index in [2.05, 4.69) is 53.0 Å². The maximum atomic E-state index is 4.86. The maximum absolute atomic E-state index is 4.86. The van der Waals surface area contributed by atoms with E-state index in [9.17, 15) is 0 Å². The minimum atomic E-state index is 0.267. The molecular weight excluding hydrogens is 348 g/mol. The van der Waals surface area contributed by atoms with Crippen LogP contribution in [-0.2, 0) is 0 Å². The predicted molar refractivity (Wildman–Crippen MR) is 116 cm³/mol. The second kappa shape index (κ2) is 8.52. The summed E-state index contributed by atoms with van der Waals surface area (Å²) in [4.78, 5) is 14.2. The van der Waals surface area contributed by atoms with Crippen LogP contribution in [0.2, 0.25) is 0 Å². The number of piperidine rings is 1. The van der Waals surface area contributed by atoms with E-state index in [4.69, 9.17) is 9.97 Å². The average Bonchev–Trinajstić information content (AvgIpc) is 2.73. The Kier molecular flexibility index (Phi) is 5.67. The van der Waals surface area contributed by atoms with Gasteiger partial charge in [-0.3, -0.25) is 0 Å². The Labute approximate surface area is 166 Å². The summed E-state index contributed by atoms with van der Waals surface area (Å²) >= 11 is 0. The Hall–Kier alpha value is -2.73. The van der Waals surface area contributed by atoms with Crippen molar-refractivity contribution in [3.63, 3.8) is 0 Å². The van der Waals surface area contributed by atoms with Crippen molar-refractivity contribution < 1.29 is 0 Å². The van der Waals surface area contributed by atoms with E-state index >= 15 is 0 Å². The summed E-state index contributed by atoms with van der Waals surface area (Å²) in [6.07, 6.45) is 4.29. The zero-order valence-electron chi connectivity index (χ0n) is 16.6. The average molecular weight is 377 g/mol. The van der Waals surface area contributed by atoms with Crippen LogP contribution in [0.4, 0.5) is 11.8 Å². The molecular formula is C22H28N6. The Morgan fingerprint density at radius 1 is 1.11 bits per heavy atom. The highest BCUT2D eigenvalue weighted by molar-refractivity contribution is 5.91. The molecule has 6 heteroatoms. The molecule has 0 amide bonds. The zero-order chi connectivity index (χ0) is 19.3. The Bertz CT molecular complexity index is 919. The van der Waals surface area contributed by atoms with Crippen molar-refractivity contribution in [1.82, 2.24) is 20.3 Å². The Balaban J connectivity index is 1.64. The highest BCUT2D eigenvalue weighted by atomic mass is 15.1. The van der Waals surface area contributed by atoms with E-state index in [1.165, 1.54) is 12.8 Å². The first kappa shape index (κ1) is 18.6. The lowest BCUT2D eigenvalue weighted by molar-refractivity contribution is 0.389. The molecule has 0 atom stereocenters. The molecule has 0 unspecified atom stereocenters. The lowest BCUT2D eigenvalue weighted by Crippen LogP contribution is -2.31. The molecule has 6 nitrogen and oxygen atoms in total.